The molecule has 1 unspecified atom stereocenters. The number of carbonyl (C=O) groups excluding carboxylic acids is 1. The molecule has 3 nitrogen and oxygen atoms in total. The predicted molar refractivity (Wildman–Crippen MR) is 44.7 cm³/mol. The van der Waals surface area contributed by atoms with Crippen LogP contribution in [-0.2, 0) is 14.3 Å². The smallest absolute Gasteiger partial charge is 0.331 e. The Morgan fingerprint density at radius 1 is 1.67 bits per heavy atom. The maximum Gasteiger partial charge on any atom is 0.331 e. The molecular weight excluding hydrogens is 156 g/mol. The molecule has 1 heterocycles. The number of hydrogen-bond donors (Lipinski definition) is 0. The van der Waals surface area contributed by atoms with Crippen LogP contribution in [0.5, 0.6) is 0 Å². The second-order valence-electron chi connectivity index (χ2n) is 2.76. The van der Waals surface area contributed by atoms with Gasteiger partial charge in [-0.25, -0.2) is 4.79 Å². The summed E-state index contributed by atoms with van der Waals surface area (Å²) in [7, 11) is 0. The number of rotatable bonds is 5. The van der Waals surface area contributed by atoms with Crippen molar-refractivity contribution in [2.75, 3.05) is 13.2 Å². The maximum atomic E-state index is 10.6. The Bertz CT molecular complexity index is 175. The van der Waals surface area contributed by atoms with Gasteiger partial charge in [-0.3, -0.25) is 0 Å². The van der Waals surface area contributed by atoms with Gasteiger partial charge in [0.1, 0.15) is 6.10 Å². The number of esters is 1. The van der Waals surface area contributed by atoms with Crippen molar-refractivity contribution in [2.45, 2.75) is 25.9 Å². The quantitative estimate of drug-likeness (QED) is 0.460. The van der Waals surface area contributed by atoms with Crippen molar-refractivity contribution in [3.05, 3.63) is 12.2 Å². The second kappa shape index (κ2) is 4.93. The molecule has 1 aliphatic rings. The summed E-state index contributed by atoms with van der Waals surface area (Å²) >= 11 is 0. The molecule has 68 valence electrons. The summed E-state index contributed by atoms with van der Waals surface area (Å²) in [6.07, 6.45) is 5.20. The van der Waals surface area contributed by atoms with Crippen molar-refractivity contribution < 1.29 is 14.3 Å². The summed E-state index contributed by atoms with van der Waals surface area (Å²) in [6.45, 7) is 3.35. The lowest BCUT2D eigenvalue weighted by atomic mass is 10.3. The van der Waals surface area contributed by atoms with Crippen molar-refractivity contribution in [3.63, 3.8) is 0 Å². The minimum atomic E-state index is -0.265. The summed E-state index contributed by atoms with van der Waals surface area (Å²) in [5, 5.41) is 0. The SMILES string of the molecule is CCCCOCC1C=CC(=O)O1. The molecular formula is C9H14O3. The number of cyclic esters (lactones) is 1. The molecule has 0 aromatic heterocycles. The normalized spacial score (nSPS) is 21.4. The zero-order valence-corrected chi connectivity index (χ0v) is 7.29. The van der Waals surface area contributed by atoms with Crippen molar-refractivity contribution in [1.82, 2.24) is 0 Å². The van der Waals surface area contributed by atoms with Gasteiger partial charge in [-0.2, -0.15) is 0 Å². The first kappa shape index (κ1) is 9.26. The summed E-state index contributed by atoms with van der Waals surface area (Å²) < 4.78 is 10.1. The molecule has 0 amide bonds. The Morgan fingerprint density at radius 2 is 2.50 bits per heavy atom. The molecule has 0 bridgehead atoms. The minimum Gasteiger partial charge on any atom is -0.452 e. The summed E-state index contributed by atoms with van der Waals surface area (Å²) in [5.74, 6) is -0.265. The highest BCUT2D eigenvalue weighted by molar-refractivity contribution is 5.84. The van der Waals surface area contributed by atoms with E-state index in [0.717, 1.165) is 19.4 Å². The van der Waals surface area contributed by atoms with Crippen LogP contribution in [0.4, 0.5) is 0 Å². The topological polar surface area (TPSA) is 35.5 Å². The average molecular weight is 170 g/mol. The monoisotopic (exact) mass is 170 g/mol. The molecule has 3 heteroatoms. The van der Waals surface area contributed by atoms with Crippen LogP contribution >= 0.6 is 0 Å². The Hall–Kier alpha value is -0.830. The fourth-order valence-electron chi connectivity index (χ4n) is 0.949. The number of ether oxygens (including phenoxy) is 2. The van der Waals surface area contributed by atoms with Gasteiger partial charge in [-0.05, 0) is 12.5 Å². The molecule has 0 aromatic carbocycles. The highest BCUT2D eigenvalue weighted by atomic mass is 16.6. The van der Waals surface area contributed by atoms with Crippen LogP contribution in [0.3, 0.4) is 0 Å². The Balaban J connectivity index is 2.01. The maximum absolute atomic E-state index is 10.6. The van der Waals surface area contributed by atoms with Gasteiger partial charge < -0.3 is 9.47 Å². The summed E-state index contributed by atoms with van der Waals surface area (Å²) in [5.41, 5.74) is 0. The van der Waals surface area contributed by atoms with Gasteiger partial charge >= 0.3 is 5.97 Å². The minimum absolute atomic E-state index is 0.158. The van der Waals surface area contributed by atoms with Gasteiger partial charge in [-0.15, -0.1) is 0 Å². The van der Waals surface area contributed by atoms with Gasteiger partial charge in [0.2, 0.25) is 0 Å². The van der Waals surface area contributed by atoms with E-state index in [-0.39, 0.29) is 12.1 Å². The number of carbonyl (C=O) groups is 1. The van der Waals surface area contributed by atoms with Crippen molar-refractivity contribution in [1.29, 1.82) is 0 Å². The molecule has 12 heavy (non-hydrogen) atoms. The predicted octanol–water partition coefficient (Wildman–Crippen LogP) is 1.28. The molecule has 0 fully saturated rings. The van der Waals surface area contributed by atoms with E-state index in [2.05, 4.69) is 6.92 Å². The van der Waals surface area contributed by atoms with Crippen LogP contribution in [0.15, 0.2) is 12.2 Å². The molecule has 0 saturated carbocycles. The van der Waals surface area contributed by atoms with E-state index in [4.69, 9.17) is 9.47 Å². The first-order valence-electron chi connectivity index (χ1n) is 4.29. The molecule has 1 rings (SSSR count). The number of hydrogen-bond acceptors (Lipinski definition) is 3. The first-order chi connectivity index (χ1) is 5.83. The lowest BCUT2D eigenvalue weighted by molar-refractivity contribution is -0.140. The Labute approximate surface area is 72.4 Å². The first-order valence-corrected chi connectivity index (χ1v) is 4.29. The molecule has 1 atom stereocenters. The van der Waals surface area contributed by atoms with Crippen molar-refractivity contribution >= 4 is 5.97 Å². The Morgan fingerprint density at radius 3 is 3.08 bits per heavy atom. The molecule has 1 aliphatic heterocycles. The van der Waals surface area contributed by atoms with E-state index in [1.165, 1.54) is 6.08 Å². The number of unbranched alkanes of at least 4 members (excludes halogenated alkanes) is 1. The fraction of sp³-hybridized carbons (Fsp3) is 0.667. The van der Waals surface area contributed by atoms with E-state index in [1.54, 1.807) is 6.08 Å². The molecule has 0 radical (unpaired) electrons. The van der Waals surface area contributed by atoms with Crippen LogP contribution in [-0.4, -0.2) is 25.3 Å². The van der Waals surface area contributed by atoms with Gasteiger partial charge in [0.25, 0.3) is 0 Å². The second-order valence-corrected chi connectivity index (χ2v) is 2.76. The highest BCUT2D eigenvalue weighted by Crippen LogP contribution is 2.05. The molecule has 0 N–H and O–H groups in total. The van der Waals surface area contributed by atoms with Crippen LogP contribution in [0.2, 0.25) is 0 Å². The van der Waals surface area contributed by atoms with Gasteiger partial charge in [0, 0.05) is 12.7 Å². The van der Waals surface area contributed by atoms with Crippen LogP contribution < -0.4 is 0 Å². The van der Waals surface area contributed by atoms with Crippen LogP contribution in [0.25, 0.3) is 0 Å². The molecule has 0 aromatic rings. The lowest BCUT2D eigenvalue weighted by Crippen LogP contribution is -2.15. The zero-order chi connectivity index (χ0) is 8.81. The third-order valence-corrected chi connectivity index (χ3v) is 1.64. The van der Waals surface area contributed by atoms with E-state index >= 15 is 0 Å². The van der Waals surface area contributed by atoms with Gasteiger partial charge in [-0.1, -0.05) is 13.3 Å². The van der Waals surface area contributed by atoms with Crippen LogP contribution in [0, 0.1) is 0 Å². The van der Waals surface area contributed by atoms with E-state index < -0.39 is 0 Å². The molecule has 0 spiro atoms. The molecule has 0 aliphatic carbocycles. The average Bonchev–Trinajstić information content (AvgIpc) is 2.45. The van der Waals surface area contributed by atoms with E-state index in [9.17, 15) is 4.79 Å². The van der Waals surface area contributed by atoms with E-state index in [1.807, 2.05) is 0 Å². The van der Waals surface area contributed by atoms with Gasteiger partial charge in [0.05, 0.1) is 6.61 Å². The van der Waals surface area contributed by atoms with E-state index in [0.29, 0.717) is 6.61 Å². The fourth-order valence-corrected chi connectivity index (χ4v) is 0.949. The largest absolute Gasteiger partial charge is 0.452 e. The summed E-state index contributed by atoms with van der Waals surface area (Å²) in [6, 6.07) is 0. The van der Waals surface area contributed by atoms with Gasteiger partial charge in [0.15, 0.2) is 0 Å². The van der Waals surface area contributed by atoms with Crippen molar-refractivity contribution in [3.8, 4) is 0 Å². The van der Waals surface area contributed by atoms with Crippen molar-refractivity contribution in [2.24, 2.45) is 0 Å². The third-order valence-electron chi connectivity index (χ3n) is 1.64. The lowest BCUT2D eigenvalue weighted by Gasteiger charge is -2.08. The summed E-state index contributed by atoms with van der Waals surface area (Å²) in [4.78, 5) is 10.6. The highest BCUT2D eigenvalue weighted by Gasteiger charge is 2.15. The molecule has 0 saturated heterocycles. The van der Waals surface area contributed by atoms with Crippen LogP contribution in [0.1, 0.15) is 19.8 Å². The Kier molecular flexibility index (Phi) is 3.80. The standard InChI is InChI=1S/C9H14O3/c1-2-3-6-11-7-8-4-5-9(10)12-8/h4-5,8H,2-3,6-7H2,1H3. The zero-order valence-electron chi connectivity index (χ0n) is 7.29. The third kappa shape index (κ3) is 3.05.